The van der Waals surface area contributed by atoms with E-state index in [4.69, 9.17) is 4.74 Å². The van der Waals surface area contributed by atoms with Crippen molar-refractivity contribution in [2.45, 2.75) is 18.3 Å². The Balaban J connectivity index is 1.89. The van der Waals surface area contributed by atoms with Gasteiger partial charge in [0.15, 0.2) is 5.78 Å². The summed E-state index contributed by atoms with van der Waals surface area (Å²) in [5.41, 5.74) is 0.423. The van der Waals surface area contributed by atoms with Crippen molar-refractivity contribution in [1.29, 1.82) is 0 Å². The van der Waals surface area contributed by atoms with E-state index in [0.29, 0.717) is 5.70 Å². The second-order valence-corrected chi connectivity index (χ2v) is 3.91. The number of epoxide rings is 1. The highest BCUT2D eigenvalue weighted by molar-refractivity contribution is 5.98. The van der Waals surface area contributed by atoms with E-state index in [9.17, 15) is 15.0 Å². The van der Waals surface area contributed by atoms with Gasteiger partial charge in [0.25, 0.3) is 0 Å². The lowest BCUT2D eigenvalue weighted by atomic mass is 10.00. The summed E-state index contributed by atoms with van der Waals surface area (Å²) < 4.78 is 5.05. The van der Waals surface area contributed by atoms with Crippen molar-refractivity contribution in [2.24, 2.45) is 4.99 Å². The molecule has 16 heavy (non-hydrogen) atoms. The number of aliphatic hydroxyl groups excluding tert-OH is 2. The molecule has 0 amide bonds. The molecule has 1 saturated heterocycles. The van der Waals surface area contributed by atoms with Crippen LogP contribution in [0.15, 0.2) is 28.7 Å². The van der Waals surface area contributed by atoms with Crippen LogP contribution in [0.3, 0.4) is 0 Å². The Kier molecular flexibility index (Phi) is 1.89. The predicted molar refractivity (Wildman–Crippen MR) is 53.7 cm³/mol. The van der Waals surface area contributed by atoms with Gasteiger partial charge in [-0.2, -0.15) is 0 Å². The maximum Gasteiger partial charge on any atom is 0.189 e. The summed E-state index contributed by atoms with van der Waals surface area (Å²) in [7, 11) is 0. The first-order valence-corrected chi connectivity index (χ1v) is 4.93. The van der Waals surface area contributed by atoms with Crippen LogP contribution < -0.4 is 0 Å². The molecule has 0 aromatic rings. The van der Waals surface area contributed by atoms with Crippen molar-refractivity contribution in [2.75, 3.05) is 6.67 Å². The third-order valence-corrected chi connectivity index (χ3v) is 2.79. The number of carbonyl (C=O) groups excluding carboxylic acids is 1. The maximum absolute atomic E-state index is 11.5. The number of rotatable bonds is 1. The smallest absolute Gasteiger partial charge is 0.189 e. The van der Waals surface area contributed by atoms with Gasteiger partial charge in [-0.3, -0.25) is 9.79 Å². The zero-order valence-corrected chi connectivity index (χ0v) is 8.28. The van der Waals surface area contributed by atoms with E-state index in [0.717, 1.165) is 0 Å². The first kappa shape index (κ1) is 9.56. The minimum atomic E-state index is -0.833. The molecule has 0 aromatic heterocycles. The maximum atomic E-state index is 11.5. The lowest BCUT2D eigenvalue weighted by Gasteiger charge is -2.27. The Labute approximate surface area is 91.1 Å². The molecule has 0 saturated carbocycles. The minimum absolute atomic E-state index is 0.00867. The van der Waals surface area contributed by atoms with Gasteiger partial charge in [-0.15, -0.1) is 0 Å². The van der Waals surface area contributed by atoms with Gasteiger partial charge in [0.05, 0.1) is 11.9 Å². The van der Waals surface area contributed by atoms with Crippen molar-refractivity contribution in [3.8, 4) is 0 Å². The number of ketones is 1. The number of carbonyl (C=O) groups is 1. The Hall–Kier alpha value is -1.66. The number of nitrogens with zero attached hydrogens (tertiary/aromatic N) is 2. The highest BCUT2D eigenvalue weighted by Crippen LogP contribution is 2.35. The fourth-order valence-electron chi connectivity index (χ4n) is 1.94. The first-order valence-electron chi connectivity index (χ1n) is 4.93. The molecule has 3 rings (SSSR count). The molecule has 6 heteroatoms. The summed E-state index contributed by atoms with van der Waals surface area (Å²) in [4.78, 5) is 16.9. The van der Waals surface area contributed by atoms with Crippen molar-refractivity contribution < 1.29 is 19.7 Å². The quantitative estimate of drug-likeness (QED) is 0.574. The standard InChI is InChI=1S/C10H10N2O4/c13-5-2-11-4-12(3-5)6-1-7(14)9-10(16-9)8(6)15/h1-3,8-10,13,15H,4H2. The van der Waals surface area contributed by atoms with E-state index >= 15 is 0 Å². The molecule has 1 aliphatic carbocycles. The number of allylic oxidation sites excluding steroid dienone is 1. The van der Waals surface area contributed by atoms with Crippen LogP contribution in [0, 0.1) is 0 Å². The summed E-state index contributed by atoms with van der Waals surface area (Å²) in [6.45, 7) is 0.275. The molecule has 3 aliphatic rings. The largest absolute Gasteiger partial charge is 0.505 e. The number of aliphatic hydroxyl groups is 2. The average molecular weight is 222 g/mol. The Morgan fingerprint density at radius 3 is 3.12 bits per heavy atom. The highest BCUT2D eigenvalue weighted by Gasteiger charge is 2.53. The van der Waals surface area contributed by atoms with Gasteiger partial charge in [0.2, 0.25) is 0 Å². The molecule has 2 N–H and O–H groups in total. The van der Waals surface area contributed by atoms with Crippen LogP contribution >= 0.6 is 0 Å². The van der Waals surface area contributed by atoms with Crippen molar-refractivity contribution >= 4 is 12.0 Å². The number of hydrogen-bond acceptors (Lipinski definition) is 6. The molecule has 0 bridgehead atoms. The zero-order valence-electron chi connectivity index (χ0n) is 8.28. The molecule has 3 unspecified atom stereocenters. The van der Waals surface area contributed by atoms with Gasteiger partial charge >= 0.3 is 0 Å². The molecule has 1 fully saturated rings. The first-order chi connectivity index (χ1) is 7.66. The van der Waals surface area contributed by atoms with Crippen LogP contribution in [-0.4, -0.2) is 52.1 Å². The summed E-state index contributed by atoms with van der Waals surface area (Å²) >= 11 is 0. The van der Waals surface area contributed by atoms with E-state index in [1.165, 1.54) is 23.4 Å². The lowest BCUT2D eigenvalue weighted by Crippen LogP contribution is -2.36. The van der Waals surface area contributed by atoms with Gasteiger partial charge in [0, 0.05) is 12.3 Å². The number of ether oxygens (including phenoxy) is 1. The Morgan fingerprint density at radius 1 is 1.56 bits per heavy atom. The average Bonchev–Trinajstić information content (AvgIpc) is 3.04. The third kappa shape index (κ3) is 1.35. The summed E-state index contributed by atoms with van der Waals surface area (Å²) in [5, 5.41) is 19.2. The van der Waals surface area contributed by atoms with Crippen molar-refractivity contribution in [3.05, 3.63) is 23.7 Å². The lowest BCUT2D eigenvalue weighted by molar-refractivity contribution is -0.116. The van der Waals surface area contributed by atoms with E-state index in [2.05, 4.69) is 4.99 Å². The molecule has 6 nitrogen and oxygen atoms in total. The predicted octanol–water partition coefficient (Wildman–Crippen LogP) is -0.675. The SMILES string of the molecule is O=C1C=C(N2C=C(O)C=NC2)C(O)C2OC12. The van der Waals surface area contributed by atoms with E-state index in [1.54, 1.807) is 0 Å². The van der Waals surface area contributed by atoms with Crippen LogP contribution in [-0.2, 0) is 9.53 Å². The monoisotopic (exact) mass is 222 g/mol. The topological polar surface area (TPSA) is 85.7 Å². The van der Waals surface area contributed by atoms with Gasteiger partial charge < -0.3 is 19.8 Å². The fraction of sp³-hybridized carbons (Fsp3) is 0.400. The zero-order chi connectivity index (χ0) is 11.3. The molecule has 84 valence electrons. The van der Waals surface area contributed by atoms with Gasteiger partial charge in [0.1, 0.15) is 30.7 Å². The van der Waals surface area contributed by atoms with Crippen molar-refractivity contribution in [1.82, 2.24) is 4.90 Å². The van der Waals surface area contributed by atoms with Gasteiger partial charge in [-0.25, -0.2) is 0 Å². The molecule has 2 aliphatic heterocycles. The third-order valence-electron chi connectivity index (χ3n) is 2.79. The summed E-state index contributed by atoms with van der Waals surface area (Å²) in [6, 6.07) is 0. The summed E-state index contributed by atoms with van der Waals surface area (Å²) in [6.07, 6.45) is 2.35. The Bertz CT molecular complexity index is 440. The van der Waals surface area contributed by atoms with Crippen molar-refractivity contribution in [3.63, 3.8) is 0 Å². The fourth-order valence-corrected chi connectivity index (χ4v) is 1.94. The Morgan fingerprint density at radius 2 is 2.38 bits per heavy atom. The molecular formula is C10H10N2O4. The number of hydrogen-bond donors (Lipinski definition) is 2. The minimum Gasteiger partial charge on any atom is -0.505 e. The van der Waals surface area contributed by atoms with Crippen LogP contribution in [0.2, 0.25) is 0 Å². The molecular weight excluding hydrogens is 212 g/mol. The molecule has 3 atom stereocenters. The summed E-state index contributed by atoms with van der Waals surface area (Å²) in [5.74, 6) is -0.154. The molecule has 2 heterocycles. The van der Waals surface area contributed by atoms with Crippen LogP contribution in [0.1, 0.15) is 0 Å². The van der Waals surface area contributed by atoms with Crippen LogP contribution in [0.5, 0.6) is 0 Å². The number of aliphatic imine (C=N–C) groups is 1. The second-order valence-electron chi connectivity index (χ2n) is 3.91. The molecule has 0 aromatic carbocycles. The van der Waals surface area contributed by atoms with E-state index in [1.807, 2.05) is 0 Å². The van der Waals surface area contributed by atoms with E-state index < -0.39 is 18.3 Å². The second kappa shape index (κ2) is 3.16. The van der Waals surface area contributed by atoms with Gasteiger partial charge in [-0.1, -0.05) is 0 Å². The molecule has 0 spiro atoms. The highest BCUT2D eigenvalue weighted by atomic mass is 16.6. The van der Waals surface area contributed by atoms with Crippen LogP contribution in [0.25, 0.3) is 0 Å². The van der Waals surface area contributed by atoms with Crippen LogP contribution in [0.4, 0.5) is 0 Å². The molecule has 0 radical (unpaired) electrons. The number of fused-ring (bicyclic) bond motifs is 1. The normalized spacial score (nSPS) is 36.7. The van der Waals surface area contributed by atoms with E-state index in [-0.39, 0.29) is 18.2 Å². The van der Waals surface area contributed by atoms with Gasteiger partial charge in [-0.05, 0) is 0 Å².